The van der Waals surface area contributed by atoms with Crippen molar-refractivity contribution in [1.82, 2.24) is 4.98 Å². The third kappa shape index (κ3) is 4.42. The summed E-state index contributed by atoms with van der Waals surface area (Å²) in [6.45, 7) is 0. The van der Waals surface area contributed by atoms with E-state index in [9.17, 15) is 0 Å². The largest absolute Gasteiger partial charge is 0.456 e. The molecule has 0 saturated carbocycles. The van der Waals surface area contributed by atoms with Crippen LogP contribution >= 0.6 is 0 Å². The van der Waals surface area contributed by atoms with Gasteiger partial charge in [-0.25, -0.2) is 4.98 Å². The maximum atomic E-state index is 6.61. The minimum atomic E-state index is 0.619. The molecule has 0 aliphatic rings. The third-order valence-electron chi connectivity index (χ3n) is 9.47. The molecule has 10 rings (SSSR count). The van der Waals surface area contributed by atoms with Gasteiger partial charge in [-0.3, -0.25) is 0 Å². The Morgan fingerprint density at radius 2 is 1.14 bits per heavy atom. The van der Waals surface area contributed by atoms with E-state index in [0.717, 1.165) is 88.3 Å². The number of nitrogens with zero attached hydrogens (tertiary/aromatic N) is 2. The smallest absolute Gasteiger partial charge is 0.227 e. The molecule has 0 bridgehead atoms. The van der Waals surface area contributed by atoms with Gasteiger partial charge >= 0.3 is 0 Å². The lowest BCUT2D eigenvalue weighted by Crippen LogP contribution is -2.10. The molecule has 2 aromatic heterocycles. The first-order chi connectivity index (χ1) is 24.3. The molecule has 0 unspecified atom stereocenters. The maximum absolute atomic E-state index is 6.61. The lowest BCUT2D eigenvalue weighted by atomic mass is 9.97. The Balaban J connectivity index is 1.19. The van der Waals surface area contributed by atoms with Crippen LogP contribution in [0.4, 0.5) is 17.1 Å². The number of fused-ring (bicyclic) bond motifs is 8. The zero-order valence-corrected chi connectivity index (χ0v) is 26.4. The zero-order valence-electron chi connectivity index (χ0n) is 26.4. The predicted molar refractivity (Wildman–Crippen MR) is 202 cm³/mol. The topological polar surface area (TPSA) is 42.4 Å². The van der Waals surface area contributed by atoms with Crippen LogP contribution in [0.2, 0.25) is 0 Å². The van der Waals surface area contributed by atoms with Crippen LogP contribution in [-0.4, -0.2) is 4.98 Å². The lowest BCUT2D eigenvalue weighted by molar-refractivity contribution is 0.623. The van der Waals surface area contributed by atoms with Crippen molar-refractivity contribution in [2.75, 3.05) is 4.90 Å². The molecule has 0 radical (unpaired) electrons. The van der Waals surface area contributed by atoms with Crippen LogP contribution in [0.25, 0.3) is 77.2 Å². The monoisotopic (exact) mass is 628 g/mol. The quantitative estimate of drug-likeness (QED) is 0.178. The van der Waals surface area contributed by atoms with E-state index >= 15 is 0 Å². The number of oxazole rings is 1. The molecule has 0 aliphatic carbocycles. The Morgan fingerprint density at radius 1 is 0.449 bits per heavy atom. The number of benzene rings is 8. The molecule has 4 nitrogen and oxygen atoms in total. The Labute approximate surface area is 282 Å². The molecule has 0 N–H and O–H groups in total. The molecule has 2 heterocycles. The molecule has 230 valence electrons. The maximum Gasteiger partial charge on any atom is 0.227 e. The summed E-state index contributed by atoms with van der Waals surface area (Å²) < 4.78 is 12.8. The van der Waals surface area contributed by atoms with Crippen molar-refractivity contribution in [1.29, 1.82) is 0 Å². The molecular formula is C45H28N2O2. The fraction of sp³-hybridized carbons (Fsp3) is 0. The molecule has 0 atom stereocenters. The highest BCUT2D eigenvalue weighted by atomic mass is 16.3. The average Bonchev–Trinajstić information content (AvgIpc) is 3.78. The highest BCUT2D eigenvalue weighted by molar-refractivity contribution is 6.22. The molecular weight excluding hydrogens is 601 g/mol. The molecule has 0 fully saturated rings. The van der Waals surface area contributed by atoms with Crippen LogP contribution < -0.4 is 4.90 Å². The van der Waals surface area contributed by atoms with E-state index in [0.29, 0.717) is 5.89 Å². The Hall–Kier alpha value is -6.65. The summed E-state index contributed by atoms with van der Waals surface area (Å²) in [4.78, 5) is 7.26. The molecule has 4 heteroatoms. The van der Waals surface area contributed by atoms with Gasteiger partial charge in [-0.1, -0.05) is 103 Å². The van der Waals surface area contributed by atoms with Crippen LogP contribution in [0, 0.1) is 0 Å². The average molecular weight is 629 g/mol. The minimum Gasteiger partial charge on any atom is -0.456 e. The standard InChI is InChI=1S/C45H28N2O2/c1-3-12-30(13-4-1)45-46-38-27-26-36-39(28-31-14-7-8-17-35(31)43(36)44(38)49-45)47(32-15-5-2-6-16-32)33-24-22-29(23-25-33)34-19-11-21-41-42(34)37-18-9-10-20-40(37)48-41/h1-28H. The van der Waals surface area contributed by atoms with Crippen LogP contribution in [0.1, 0.15) is 0 Å². The van der Waals surface area contributed by atoms with Crippen molar-refractivity contribution in [2.24, 2.45) is 0 Å². The first kappa shape index (κ1) is 27.5. The fourth-order valence-electron chi connectivity index (χ4n) is 7.25. The van der Waals surface area contributed by atoms with E-state index in [2.05, 4.69) is 126 Å². The van der Waals surface area contributed by atoms with E-state index in [1.54, 1.807) is 0 Å². The van der Waals surface area contributed by atoms with Gasteiger partial charge in [0.25, 0.3) is 0 Å². The number of hydrogen-bond donors (Lipinski definition) is 0. The van der Waals surface area contributed by atoms with E-state index < -0.39 is 0 Å². The number of hydrogen-bond acceptors (Lipinski definition) is 4. The van der Waals surface area contributed by atoms with E-state index in [1.807, 2.05) is 48.5 Å². The fourth-order valence-corrected chi connectivity index (χ4v) is 7.25. The van der Waals surface area contributed by atoms with Gasteiger partial charge in [-0.05, 0) is 88.6 Å². The zero-order chi connectivity index (χ0) is 32.3. The summed E-state index contributed by atoms with van der Waals surface area (Å²) in [5, 5.41) is 6.66. The number of anilines is 3. The van der Waals surface area contributed by atoms with Gasteiger partial charge in [-0.2, -0.15) is 0 Å². The minimum absolute atomic E-state index is 0.619. The van der Waals surface area contributed by atoms with E-state index in [1.165, 1.54) is 0 Å². The SMILES string of the molecule is c1ccc(-c2nc3ccc4c(N(c5ccccc5)c5ccc(-c6cccc7oc8ccccc8c67)cc5)cc5ccccc5c4c3o2)cc1. The van der Waals surface area contributed by atoms with Crippen LogP contribution in [-0.2, 0) is 0 Å². The van der Waals surface area contributed by atoms with Crippen molar-refractivity contribution in [2.45, 2.75) is 0 Å². The summed E-state index contributed by atoms with van der Waals surface area (Å²) in [5.41, 5.74) is 9.85. The van der Waals surface area contributed by atoms with Crippen molar-refractivity contribution in [3.63, 3.8) is 0 Å². The molecule has 0 amide bonds. The number of para-hydroxylation sites is 2. The van der Waals surface area contributed by atoms with Crippen molar-refractivity contribution >= 4 is 71.6 Å². The second kappa shape index (κ2) is 11.0. The molecule has 0 spiro atoms. The van der Waals surface area contributed by atoms with Crippen molar-refractivity contribution in [3.8, 4) is 22.6 Å². The summed E-state index contributed by atoms with van der Waals surface area (Å²) >= 11 is 0. The van der Waals surface area contributed by atoms with Crippen LogP contribution in [0.3, 0.4) is 0 Å². The number of rotatable bonds is 5. The summed E-state index contributed by atoms with van der Waals surface area (Å²) in [6, 6.07) is 59.1. The summed E-state index contributed by atoms with van der Waals surface area (Å²) in [7, 11) is 0. The summed E-state index contributed by atoms with van der Waals surface area (Å²) in [5.74, 6) is 0.619. The predicted octanol–water partition coefficient (Wildman–Crippen LogP) is 12.8. The van der Waals surface area contributed by atoms with Gasteiger partial charge in [-0.15, -0.1) is 0 Å². The molecule has 10 aromatic rings. The van der Waals surface area contributed by atoms with Crippen molar-refractivity contribution < 1.29 is 8.83 Å². The second-order valence-corrected chi connectivity index (χ2v) is 12.3. The highest BCUT2D eigenvalue weighted by Gasteiger charge is 2.21. The van der Waals surface area contributed by atoms with Gasteiger partial charge in [0.15, 0.2) is 5.58 Å². The first-order valence-electron chi connectivity index (χ1n) is 16.5. The highest BCUT2D eigenvalue weighted by Crippen LogP contribution is 2.45. The number of furan rings is 1. The van der Waals surface area contributed by atoms with Gasteiger partial charge in [0.2, 0.25) is 5.89 Å². The Kier molecular flexibility index (Phi) is 6.15. The number of aromatic nitrogens is 1. The Morgan fingerprint density at radius 3 is 1.98 bits per heavy atom. The van der Waals surface area contributed by atoms with Crippen LogP contribution in [0.5, 0.6) is 0 Å². The van der Waals surface area contributed by atoms with Crippen LogP contribution in [0.15, 0.2) is 179 Å². The second-order valence-electron chi connectivity index (χ2n) is 12.3. The molecule has 49 heavy (non-hydrogen) atoms. The first-order valence-corrected chi connectivity index (χ1v) is 16.5. The third-order valence-corrected chi connectivity index (χ3v) is 9.47. The van der Waals surface area contributed by atoms with Gasteiger partial charge in [0, 0.05) is 38.5 Å². The van der Waals surface area contributed by atoms with Gasteiger partial charge < -0.3 is 13.7 Å². The van der Waals surface area contributed by atoms with E-state index in [-0.39, 0.29) is 0 Å². The Bertz CT molecular complexity index is 2820. The van der Waals surface area contributed by atoms with Crippen molar-refractivity contribution in [3.05, 3.63) is 170 Å². The molecule has 0 saturated heterocycles. The normalized spacial score (nSPS) is 11.7. The van der Waals surface area contributed by atoms with E-state index in [4.69, 9.17) is 13.8 Å². The van der Waals surface area contributed by atoms with Gasteiger partial charge in [0.1, 0.15) is 16.7 Å². The van der Waals surface area contributed by atoms with Gasteiger partial charge in [0.05, 0.1) is 5.69 Å². The molecule has 0 aliphatic heterocycles. The molecule has 8 aromatic carbocycles. The summed E-state index contributed by atoms with van der Waals surface area (Å²) in [6.07, 6.45) is 0. The lowest BCUT2D eigenvalue weighted by Gasteiger charge is -2.27.